The highest BCUT2D eigenvalue weighted by atomic mass is 19.1. The number of carbonyl (C=O) groups is 1. The van der Waals surface area contributed by atoms with E-state index in [1.165, 1.54) is 16.7 Å². The van der Waals surface area contributed by atoms with Gasteiger partial charge >= 0.3 is 0 Å². The van der Waals surface area contributed by atoms with Crippen LogP contribution in [0.3, 0.4) is 0 Å². The number of anilines is 1. The number of amides is 1. The van der Waals surface area contributed by atoms with E-state index in [0.717, 1.165) is 55.8 Å². The molecule has 2 aromatic carbocycles. The van der Waals surface area contributed by atoms with E-state index in [-0.39, 0.29) is 11.2 Å². The van der Waals surface area contributed by atoms with Crippen LogP contribution in [0.2, 0.25) is 0 Å². The second-order valence-electron chi connectivity index (χ2n) is 8.92. The van der Waals surface area contributed by atoms with Crippen LogP contribution in [0.4, 0.5) is 10.1 Å². The van der Waals surface area contributed by atoms with Gasteiger partial charge in [-0.1, -0.05) is 19.9 Å². The molecule has 162 valence electrons. The molecule has 0 atom stereocenters. The number of aryl methyl sites for hydroxylation is 1. The summed E-state index contributed by atoms with van der Waals surface area (Å²) in [6.45, 7) is 11.5. The van der Waals surface area contributed by atoms with E-state index in [4.69, 9.17) is 4.74 Å². The van der Waals surface area contributed by atoms with Crippen LogP contribution in [0.1, 0.15) is 49.4 Å². The molecule has 0 saturated carbocycles. The summed E-state index contributed by atoms with van der Waals surface area (Å²) in [5.41, 5.74) is 5.94. The Balaban J connectivity index is 1.84. The van der Waals surface area contributed by atoms with E-state index in [9.17, 15) is 9.18 Å². The van der Waals surface area contributed by atoms with Crippen molar-refractivity contribution in [1.29, 1.82) is 0 Å². The molecule has 1 amide bonds. The number of ether oxygens (including phenoxy) is 1. The fourth-order valence-electron chi connectivity index (χ4n) is 4.24. The molecular weight excluding hydrogens is 379 g/mol. The third-order valence-corrected chi connectivity index (χ3v) is 5.95. The van der Waals surface area contributed by atoms with Gasteiger partial charge in [0.15, 0.2) is 0 Å². The monoisotopic (exact) mass is 412 g/mol. The minimum absolute atomic E-state index is 0.0439. The largest absolute Gasteiger partial charge is 0.494 e. The van der Waals surface area contributed by atoms with Gasteiger partial charge in [0.2, 0.25) is 6.41 Å². The molecule has 0 fully saturated rings. The zero-order chi connectivity index (χ0) is 21.7. The first-order valence-electron chi connectivity index (χ1n) is 10.8. The molecule has 0 radical (unpaired) electrons. The molecule has 5 heteroatoms. The molecule has 3 rings (SSSR count). The maximum absolute atomic E-state index is 13.5. The van der Waals surface area contributed by atoms with Gasteiger partial charge in [-0.15, -0.1) is 0 Å². The fraction of sp³-hybridized carbons (Fsp3) is 0.480. The number of hydrogen-bond donors (Lipinski definition) is 1. The summed E-state index contributed by atoms with van der Waals surface area (Å²) in [5.74, 6) is 0.779. The number of halogens is 1. The van der Waals surface area contributed by atoms with Crippen molar-refractivity contribution in [3.63, 3.8) is 0 Å². The number of carbonyl (C=O) groups excluding carboxylic acids is 1. The van der Waals surface area contributed by atoms with Crippen molar-refractivity contribution in [3.8, 4) is 5.75 Å². The molecule has 0 saturated heterocycles. The Bertz CT molecular complexity index is 895. The number of nitrogens with one attached hydrogen (secondary N) is 1. The average Bonchev–Trinajstić information content (AvgIpc) is 2.70. The summed E-state index contributed by atoms with van der Waals surface area (Å²) >= 11 is 0. The summed E-state index contributed by atoms with van der Waals surface area (Å²) < 4.78 is 19.6. The van der Waals surface area contributed by atoms with Crippen LogP contribution in [-0.4, -0.2) is 26.1 Å². The van der Waals surface area contributed by atoms with E-state index in [1.54, 1.807) is 12.1 Å². The van der Waals surface area contributed by atoms with Gasteiger partial charge in [0.05, 0.1) is 6.61 Å². The Kier molecular flexibility index (Phi) is 7.01. The number of rotatable bonds is 9. The second kappa shape index (κ2) is 9.50. The summed E-state index contributed by atoms with van der Waals surface area (Å²) in [6.07, 6.45) is 3.39. The van der Waals surface area contributed by atoms with Crippen molar-refractivity contribution < 1.29 is 13.9 Å². The molecule has 1 aliphatic rings. The Labute approximate surface area is 179 Å². The molecule has 4 nitrogen and oxygen atoms in total. The number of nitrogens with zero attached hydrogens (tertiary/aromatic N) is 1. The SMILES string of the molecule is CCOc1cc(N2CCc3cc(F)ccc3C2)cc(C)c1CC(C)(C)CCNC=O. The van der Waals surface area contributed by atoms with Gasteiger partial charge in [-0.25, -0.2) is 4.39 Å². The molecule has 0 aliphatic carbocycles. The summed E-state index contributed by atoms with van der Waals surface area (Å²) in [6, 6.07) is 9.50. The highest BCUT2D eigenvalue weighted by Gasteiger charge is 2.24. The zero-order valence-corrected chi connectivity index (χ0v) is 18.6. The summed E-state index contributed by atoms with van der Waals surface area (Å²) in [7, 11) is 0. The Morgan fingerprint density at radius 2 is 2.03 bits per heavy atom. The van der Waals surface area contributed by atoms with E-state index >= 15 is 0 Å². The average molecular weight is 413 g/mol. The lowest BCUT2D eigenvalue weighted by atomic mass is 9.81. The highest BCUT2D eigenvalue weighted by Crippen LogP contribution is 2.37. The van der Waals surface area contributed by atoms with Gasteiger partial charge in [0.1, 0.15) is 11.6 Å². The molecule has 1 N–H and O–H groups in total. The summed E-state index contributed by atoms with van der Waals surface area (Å²) in [4.78, 5) is 12.9. The Hall–Kier alpha value is -2.56. The van der Waals surface area contributed by atoms with Crippen LogP contribution >= 0.6 is 0 Å². The lowest BCUT2D eigenvalue weighted by molar-refractivity contribution is -0.109. The number of hydrogen-bond acceptors (Lipinski definition) is 3. The van der Waals surface area contributed by atoms with Gasteiger partial charge < -0.3 is 15.0 Å². The van der Waals surface area contributed by atoms with Crippen molar-refractivity contribution in [3.05, 3.63) is 58.4 Å². The molecule has 1 heterocycles. The first-order chi connectivity index (χ1) is 14.3. The van der Waals surface area contributed by atoms with Gasteiger partial charge in [-0.2, -0.15) is 0 Å². The predicted molar refractivity (Wildman–Crippen MR) is 120 cm³/mol. The number of fused-ring (bicyclic) bond motifs is 1. The molecule has 2 aromatic rings. The van der Waals surface area contributed by atoms with E-state index in [2.05, 4.69) is 43.1 Å². The first-order valence-corrected chi connectivity index (χ1v) is 10.8. The van der Waals surface area contributed by atoms with Gasteiger partial charge in [0, 0.05) is 31.4 Å². The van der Waals surface area contributed by atoms with Crippen LogP contribution in [0.5, 0.6) is 5.75 Å². The van der Waals surface area contributed by atoms with Crippen LogP contribution in [0.15, 0.2) is 30.3 Å². The predicted octanol–water partition coefficient (Wildman–Crippen LogP) is 4.80. The van der Waals surface area contributed by atoms with Crippen LogP contribution in [0.25, 0.3) is 0 Å². The van der Waals surface area contributed by atoms with Crippen molar-refractivity contribution >= 4 is 12.1 Å². The van der Waals surface area contributed by atoms with Gasteiger partial charge in [0.25, 0.3) is 0 Å². The van der Waals surface area contributed by atoms with Crippen molar-refractivity contribution in [2.24, 2.45) is 5.41 Å². The van der Waals surface area contributed by atoms with E-state index in [1.807, 2.05) is 13.0 Å². The van der Waals surface area contributed by atoms with E-state index in [0.29, 0.717) is 13.2 Å². The third kappa shape index (κ3) is 5.32. The van der Waals surface area contributed by atoms with Crippen LogP contribution in [0, 0.1) is 18.2 Å². The fourth-order valence-corrected chi connectivity index (χ4v) is 4.24. The molecule has 1 aliphatic heterocycles. The molecule has 0 aromatic heterocycles. The molecule has 0 bridgehead atoms. The number of benzene rings is 2. The molecule has 30 heavy (non-hydrogen) atoms. The first kappa shape index (κ1) is 22.1. The van der Waals surface area contributed by atoms with Gasteiger partial charge in [-0.3, -0.25) is 4.79 Å². The second-order valence-corrected chi connectivity index (χ2v) is 8.92. The maximum Gasteiger partial charge on any atom is 0.207 e. The van der Waals surface area contributed by atoms with Crippen molar-refractivity contribution in [1.82, 2.24) is 5.32 Å². The van der Waals surface area contributed by atoms with Crippen LogP contribution < -0.4 is 15.0 Å². The normalized spacial score (nSPS) is 13.7. The lowest BCUT2D eigenvalue weighted by Gasteiger charge is -2.32. The molecular formula is C25H33FN2O2. The Morgan fingerprint density at radius 3 is 2.77 bits per heavy atom. The topological polar surface area (TPSA) is 41.6 Å². The smallest absolute Gasteiger partial charge is 0.207 e. The molecule has 0 spiro atoms. The van der Waals surface area contributed by atoms with Crippen molar-refractivity contribution in [2.45, 2.75) is 53.5 Å². The molecule has 0 unspecified atom stereocenters. The van der Waals surface area contributed by atoms with Crippen LogP contribution in [-0.2, 0) is 24.2 Å². The quantitative estimate of drug-likeness (QED) is 0.475. The highest BCUT2D eigenvalue weighted by molar-refractivity contribution is 5.59. The lowest BCUT2D eigenvalue weighted by Crippen LogP contribution is -2.30. The zero-order valence-electron chi connectivity index (χ0n) is 18.6. The maximum atomic E-state index is 13.5. The third-order valence-electron chi connectivity index (χ3n) is 5.95. The Morgan fingerprint density at radius 1 is 1.23 bits per heavy atom. The van der Waals surface area contributed by atoms with Crippen molar-refractivity contribution in [2.75, 3.05) is 24.6 Å². The standard InChI is InChI=1S/C25H33FN2O2/c1-5-30-24-14-22(28-11-8-19-13-21(26)7-6-20(19)16-28)12-18(2)23(24)15-25(3,4)9-10-27-17-29/h6-7,12-14,17H,5,8-11,15-16H2,1-4H3,(H,27,29). The van der Waals surface area contributed by atoms with Gasteiger partial charge in [-0.05, 0) is 79.0 Å². The summed E-state index contributed by atoms with van der Waals surface area (Å²) in [5, 5.41) is 2.77. The van der Waals surface area contributed by atoms with E-state index < -0.39 is 0 Å². The minimum Gasteiger partial charge on any atom is -0.494 e. The minimum atomic E-state index is -0.160.